The highest BCUT2D eigenvalue weighted by atomic mass is 79.9. The highest BCUT2D eigenvalue weighted by Gasteiger charge is 2.16. The Morgan fingerprint density at radius 1 is 1.25 bits per heavy atom. The summed E-state index contributed by atoms with van der Waals surface area (Å²) >= 11 is 9.27. The molecule has 1 heterocycles. The number of rotatable bonds is 0. The van der Waals surface area contributed by atoms with Gasteiger partial charge in [0.05, 0.1) is 0 Å². The van der Waals surface area contributed by atoms with Crippen molar-refractivity contribution >= 4 is 27.5 Å². The predicted molar refractivity (Wildman–Crippen MR) is 50.1 cm³/mol. The van der Waals surface area contributed by atoms with Gasteiger partial charge in [-0.25, -0.2) is 0 Å². The van der Waals surface area contributed by atoms with Crippen molar-refractivity contribution < 1.29 is 9.47 Å². The second-order valence-electron chi connectivity index (χ2n) is 2.39. The van der Waals surface area contributed by atoms with Crippen LogP contribution in [0.15, 0.2) is 16.6 Å². The zero-order chi connectivity index (χ0) is 8.55. The third-order valence-corrected chi connectivity index (χ3v) is 2.87. The molecule has 0 amide bonds. The maximum absolute atomic E-state index is 5.96. The maximum atomic E-state index is 5.96. The smallest absolute Gasteiger partial charge is 0.181 e. The average Bonchev–Trinajstić information content (AvgIpc) is 2.12. The van der Waals surface area contributed by atoms with Gasteiger partial charge in [0.1, 0.15) is 18.2 Å². The number of hydrogen-bond acceptors (Lipinski definition) is 2. The molecule has 1 aliphatic rings. The molecule has 4 heteroatoms. The fourth-order valence-corrected chi connectivity index (χ4v) is 1.58. The molecular formula is C8H6BrClO2. The zero-order valence-electron chi connectivity index (χ0n) is 6.14. The van der Waals surface area contributed by atoms with E-state index in [2.05, 4.69) is 15.9 Å². The fourth-order valence-electron chi connectivity index (χ4n) is 1.06. The molecule has 0 aliphatic carbocycles. The third-order valence-electron chi connectivity index (χ3n) is 1.60. The lowest BCUT2D eigenvalue weighted by Gasteiger charge is -2.19. The van der Waals surface area contributed by atoms with Gasteiger partial charge in [-0.05, 0) is 28.1 Å². The summed E-state index contributed by atoms with van der Waals surface area (Å²) in [6.45, 7) is 1.15. The normalized spacial score (nSPS) is 14.5. The average molecular weight is 249 g/mol. The summed E-state index contributed by atoms with van der Waals surface area (Å²) in [4.78, 5) is 0. The molecule has 0 aromatic heterocycles. The monoisotopic (exact) mass is 248 g/mol. The molecular weight excluding hydrogens is 243 g/mol. The Balaban J connectivity index is 2.54. The van der Waals surface area contributed by atoms with Crippen molar-refractivity contribution in [2.75, 3.05) is 13.2 Å². The van der Waals surface area contributed by atoms with Crippen LogP contribution in [0.25, 0.3) is 0 Å². The van der Waals surface area contributed by atoms with Crippen molar-refractivity contribution in [3.63, 3.8) is 0 Å². The van der Waals surface area contributed by atoms with E-state index in [9.17, 15) is 0 Å². The van der Waals surface area contributed by atoms with Crippen LogP contribution in [-0.2, 0) is 0 Å². The second kappa shape index (κ2) is 3.15. The van der Waals surface area contributed by atoms with Crippen molar-refractivity contribution in [2.45, 2.75) is 0 Å². The highest BCUT2D eigenvalue weighted by Crippen LogP contribution is 2.41. The van der Waals surface area contributed by atoms with Crippen LogP contribution in [0.4, 0.5) is 0 Å². The van der Waals surface area contributed by atoms with Crippen molar-refractivity contribution in [1.29, 1.82) is 0 Å². The van der Waals surface area contributed by atoms with Crippen molar-refractivity contribution in [1.82, 2.24) is 0 Å². The van der Waals surface area contributed by atoms with Gasteiger partial charge in [-0.3, -0.25) is 0 Å². The van der Waals surface area contributed by atoms with Crippen molar-refractivity contribution in [3.05, 3.63) is 21.6 Å². The van der Waals surface area contributed by atoms with E-state index in [4.69, 9.17) is 21.1 Å². The molecule has 0 spiro atoms. The molecule has 2 rings (SSSR count). The van der Waals surface area contributed by atoms with E-state index < -0.39 is 0 Å². The maximum Gasteiger partial charge on any atom is 0.181 e. The minimum absolute atomic E-state index is 0.559. The van der Waals surface area contributed by atoms with Crippen LogP contribution < -0.4 is 9.47 Å². The Morgan fingerprint density at radius 3 is 2.83 bits per heavy atom. The van der Waals surface area contributed by atoms with E-state index in [1.807, 2.05) is 12.1 Å². The first-order chi connectivity index (χ1) is 5.79. The SMILES string of the molecule is Clc1c(Br)ccc2c1OCCO2. The van der Waals surface area contributed by atoms with Crippen LogP contribution in [0.2, 0.25) is 5.02 Å². The number of hydrogen-bond donors (Lipinski definition) is 0. The molecule has 64 valence electrons. The molecule has 0 N–H and O–H groups in total. The summed E-state index contributed by atoms with van der Waals surface area (Å²) in [7, 11) is 0. The molecule has 0 unspecified atom stereocenters. The van der Waals surface area contributed by atoms with Crippen LogP contribution in [0, 0.1) is 0 Å². The van der Waals surface area contributed by atoms with Crippen LogP contribution in [0.3, 0.4) is 0 Å². The Labute approximate surface area is 83.6 Å². The van der Waals surface area contributed by atoms with Gasteiger partial charge in [0.25, 0.3) is 0 Å². The molecule has 1 aromatic rings. The zero-order valence-corrected chi connectivity index (χ0v) is 8.48. The number of fused-ring (bicyclic) bond motifs is 1. The molecule has 12 heavy (non-hydrogen) atoms. The summed E-state index contributed by atoms with van der Waals surface area (Å²) in [5, 5.41) is 0.576. The molecule has 1 aliphatic heterocycles. The van der Waals surface area contributed by atoms with Gasteiger partial charge in [0, 0.05) is 4.47 Å². The summed E-state index contributed by atoms with van der Waals surface area (Å²) in [6, 6.07) is 3.68. The Bertz CT molecular complexity index is 314. The quantitative estimate of drug-likeness (QED) is 0.704. The summed E-state index contributed by atoms with van der Waals surface area (Å²) in [6.07, 6.45) is 0. The Morgan fingerprint density at radius 2 is 2.00 bits per heavy atom. The molecule has 0 saturated carbocycles. The van der Waals surface area contributed by atoms with Crippen LogP contribution in [0.5, 0.6) is 11.5 Å². The molecule has 1 aromatic carbocycles. The second-order valence-corrected chi connectivity index (χ2v) is 3.62. The topological polar surface area (TPSA) is 18.5 Å². The van der Waals surface area contributed by atoms with Gasteiger partial charge in [0.15, 0.2) is 11.5 Å². The molecule has 0 atom stereocenters. The number of benzene rings is 1. The first kappa shape index (κ1) is 8.20. The van der Waals surface area contributed by atoms with Gasteiger partial charge in [-0.2, -0.15) is 0 Å². The van der Waals surface area contributed by atoms with E-state index >= 15 is 0 Å². The Hall–Kier alpha value is -0.410. The summed E-state index contributed by atoms with van der Waals surface area (Å²) in [5.41, 5.74) is 0. The van der Waals surface area contributed by atoms with Gasteiger partial charge in [-0.15, -0.1) is 0 Å². The van der Waals surface area contributed by atoms with E-state index in [-0.39, 0.29) is 0 Å². The Kier molecular flexibility index (Phi) is 2.15. The van der Waals surface area contributed by atoms with Crippen molar-refractivity contribution in [2.24, 2.45) is 0 Å². The number of ether oxygens (including phenoxy) is 2. The van der Waals surface area contributed by atoms with Gasteiger partial charge >= 0.3 is 0 Å². The van der Waals surface area contributed by atoms with Crippen molar-refractivity contribution in [3.8, 4) is 11.5 Å². The standard InChI is InChI=1S/C8H6BrClO2/c9-5-1-2-6-8(7(5)10)12-4-3-11-6/h1-2H,3-4H2. The molecule has 0 bridgehead atoms. The first-order valence-electron chi connectivity index (χ1n) is 3.52. The van der Waals surface area contributed by atoms with E-state index in [0.29, 0.717) is 24.0 Å². The van der Waals surface area contributed by atoms with E-state index in [0.717, 1.165) is 10.2 Å². The molecule has 0 fully saturated rings. The molecule has 0 saturated heterocycles. The lowest BCUT2D eigenvalue weighted by molar-refractivity contribution is 0.171. The van der Waals surface area contributed by atoms with Crippen LogP contribution >= 0.6 is 27.5 Å². The van der Waals surface area contributed by atoms with Gasteiger partial charge < -0.3 is 9.47 Å². The molecule has 2 nitrogen and oxygen atoms in total. The van der Waals surface area contributed by atoms with Gasteiger partial charge in [0.2, 0.25) is 0 Å². The highest BCUT2D eigenvalue weighted by molar-refractivity contribution is 9.10. The van der Waals surface area contributed by atoms with Gasteiger partial charge in [-0.1, -0.05) is 11.6 Å². The van der Waals surface area contributed by atoms with E-state index in [1.165, 1.54) is 0 Å². The third kappa shape index (κ3) is 1.27. The van der Waals surface area contributed by atoms with Crippen LogP contribution in [-0.4, -0.2) is 13.2 Å². The molecule has 0 radical (unpaired) electrons. The minimum Gasteiger partial charge on any atom is -0.486 e. The first-order valence-corrected chi connectivity index (χ1v) is 4.70. The largest absolute Gasteiger partial charge is 0.486 e. The number of halogens is 2. The van der Waals surface area contributed by atoms with E-state index in [1.54, 1.807) is 0 Å². The summed E-state index contributed by atoms with van der Waals surface area (Å²) < 4.78 is 11.5. The summed E-state index contributed by atoms with van der Waals surface area (Å²) in [5.74, 6) is 1.35. The van der Waals surface area contributed by atoms with Crippen LogP contribution in [0.1, 0.15) is 0 Å². The fraction of sp³-hybridized carbons (Fsp3) is 0.250. The predicted octanol–water partition coefficient (Wildman–Crippen LogP) is 2.87. The lowest BCUT2D eigenvalue weighted by Crippen LogP contribution is -2.15. The lowest BCUT2D eigenvalue weighted by atomic mass is 10.3. The minimum atomic E-state index is 0.559.